The predicted octanol–water partition coefficient (Wildman–Crippen LogP) is 5.32. The van der Waals surface area contributed by atoms with Gasteiger partial charge in [0.1, 0.15) is 5.75 Å². The van der Waals surface area contributed by atoms with Crippen molar-refractivity contribution >= 4 is 33.3 Å². The van der Waals surface area contributed by atoms with E-state index in [1.54, 1.807) is 6.92 Å². The lowest BCUT2D eigenvalue weighted by atomic mass is 9.75. The van der Waals surface area contributed by atoms with Gasteiger partial charge in [0, 0.05) is 17.8 Å². The summed E-state index contributed by atoms with van der Waals surface area (Å²) >= 11 is 0. The van der Waals surface area contributed by atoms with Crippen molar-refractivity contribution in [1.82, 2.24) is 5.32 Å². The van der Waals surface area contributed by atoms with E-state index in [0.29, 0.717) is 38.5 Å². The van der Waals surface area contributed by atoms with Crippen LogP contribution >= 0.6 is 0 Å². The number of carboxylic acids is 1. The zero-order valence-electron chi connectivity index (χ0n) is 25.0. The van der Waals surface area contributed by atoms with E-state index in [1.165, 1.54) is 19.2 Å². The lowest BCUT2D eigenvalue weighted by Gasteiger charge is -2.34. The Bertz CT molecular complexity index is 1640. The molecule has 0 aromatic heterocycles. The first-order chi connectivity index (χ1) is 21.5. The van der Waals surface area contributed by atoms with Gasteiger partial charge in [-0.05, 0) is 88.0 Å². The number of fused-ring (bicyclic) bond motifs is 2. The van der Waals surface area contributed by atoms with Gasteiger partial charge in [-0.2, -0.15) is 13.2 Å². The predicted molar refractivity (Wildman–Crippen MR) is 155 cm³/mol. The van der Waals surface area contributed by atoms with Crippen molar-refractivity contribution in [3.63, 3.8) is 0 Å². The summed E-state index contributed by atoms with van der Waals surface area (Å²) in [6.07, 6.45) is 3.02. The number of halogens is 4. The lowest BCUT2D eigenvalue weighted by molar-refractivity contribution is -0.150. The highest BCUT2D eigenvalue weighted by atomic mass is 32.2. The number of alkyl halides is 3. The minimum Gasteiger partial charge on any atom is -0.496 e. The molecule has 46 heavy (non-hydrogen) atoms. The zero-order valence-corrected chi connectivity index (χ0v) is 25.8. The van der Waals surface area contributed by atoms with Gasteiger partial charge in [0.05, 0.1) is 35.0 Å². The molecule has 0 spiro atoms. The van der Waals surface area contributed by atoms with E-state index < -0.39 is 67.3 Å². The quantitative estimate of drug-likeness (QED) is 0.304. The fourth-order valence-electron chi connectivity index (χ4n) is 6.92. The molecule has 0 unspecified atom stereocenters. The van der Waals surface area contributed by atoms with Gasteiger partial charge in [0.15, 0.2) is 11.6 Å². The number of carbonyl (C=O) groups excluding carboxylic acids is 2. The Kier molecular flexibility index (Phi) is 9.01. The summed E-state index contributed by atoms with van der Waals surface area (Å²) < 4.78 is 89.1. The standard InChI is InChI=1S/C31H34F4N2O8S/c1-30(29(40)41)10-8-19(9-11-30)45-24-14-21(23(44-2)15-22(24)32)27(38)37-26-17-7-6-16(12-17)25(26)28(39)36-18-4-3-5-20(13-18)46(42,43)31(33,34)35/h3-5,13-17,19,25-26H,6-12H2,1-2H3,(H,36,39)(H,37,38)(H,40,41)/t16-,17+,19-,25-,26+,30+/m0/s1. The van der Waals surface area contributed by atoms with E-state index in [-0.39, 0.29) is 34.6 Å². The largest absolute Gasteiger partial charge is 0.501 e. The number of sulfone groups is 1. The van der Waals surface area contributed by atoms with Crippen molar-refractivity contribution in [3.8, 4) is 11.5 Å². The number of nitrogens with one attached hydrogen (secondary N) is 2. The third-order valence-electron chi connectivity index (χ3n) is 9.58. The number of anilines is 1. The van der Waals surface area contributed by atoms with Crippen LogP contribution in [0.5, 0.6) is 11.5 Å². The maximum atomic E-state index is 15.0. The molecule has 0 radical (unpaired) electrons. The Morgan fingerprint density at radius 1 is 1.00 bits per heavy atom. The van der Waals surface area contributed by atoms with Gasteiger partial charge in [0.2, 0.25) is 5.91 Å². The molecule has 2 amide bonds. The Morgan fingerprint density at radius 3 is 2.30 bits per heavy atom. The summed E-state index contributed by atoms with van der Waals surface area (Å²) in [5, 5.41) is 14.9. The number of carbonyl (C=O) groups is 3. The van der Waals surface area contributed by atoms with Crippen LogP contribution in [0.25, 0.3) is 0 Å². The smallest absolute Gasteiger partial charge is 0.496 e. The molecule has 3 N–H and O–H groups in total. The fraction of sp³-hybridized carbons (Fsp3) is 0.516. The van der Waals surface area contributed by atoms with Gasteiger partial charge in [-0.15, -0.1) is 0 Å². The Labute approximate surface area is 262 Å². The van der Waals surface area contributed by atoms with Crippen molar-refractivity contribution in [1.29, 1.82) is 0 Å². The molecule has 3 fully saturated rings. The molecule has 3 saturated carbocycles. The molecule has 0 saturated heterocycles. The molecule has 2 bridgehead atoms. The van der Waals surface area contributed by atoms with Crippen LogP contribution in [0.1, 0.15) is 62.2 Å². The molecule has 250 valence electrons. The third-order valence-corrected chi connectivity index (χ3v) is 11.1. The van der Waals surface area contributed by atoms with Gasteiger partial charge in [-0.25, -0.2) is 12.8 Å². The van der Waals surface area contributed by atoms with Crippen molar-refractivity contribution in [3.05, 3.63) is 47.8 Å². The number of aliphatic carboxylic acids is 1. The first-order valence-corrected chi connectivity index (χ1v) is 16.3. The van der Waals surface area contributed by atoms with Crippen molar-refractivity contribution in [2.75, 3.05) is 12.4 Å². The summed E-state index contributed by atoms with van der Waals surface area (Å²) in [6, 6.07) is 5.44. The van der Waals surface area contributed by atoms with Crippen LogP contribution in [-0.4, -0.2) is 56.1 Å². The highest BCUT2D eigenvalue weighted by Crippen LogP contribution is 2.49. The number of methoxy groups -OCH3 is 1. The SMILES string of the molecule is COc1cc(F)c(O[C@H]2CC[C@@](C)(C(=O)O)CC2)cc1C(=O)N[C@@H]1[C@@H]2CC[C@@H](C2)[C@@H]1C(=O)Nc1cccc(S(=O)(=O)C(F)(F)F)c1. The number of hydrogen-bond acceptors (Lipinski definition) is 7. The van der Waals surface area contributed by atoms with E-state index >= 15 is 4.39 Å². The summed E-state index contributed by atoms with van der Waals surface area (Å²) in [6.45, 7) is 1.65. The van der Waals surface area contributed by atoms with Crippen LogP contribution < -0.4 is 20.1 Å². The van der Waals surface area contributed by atoms with E-state index in [2.05, 4.69) is 10.6 Å². The van der Waals surface area contributed by atoms with Gasteiger partial charge >= 0.3 is 11.5 Å². The van der Waals surface area contributed by atoms with Crippen LogP contribution in [0.3, 0.4) is 0 Å². The molecule has 4 atom stereocenters. The van der Waals surface area contributed by atoms with Gasteiger partial charge in [-0.1, -0.05) is 6.07 Å². The highest BCUT2D eigenvalue weighted by Gasteiger charge is 2.52. The number of hydrogen-bond donors (Lipinski definition) is 3. The van der Waals surface area contributed by atoms with Crippen LogP contribution in [0.2, 0.25) is 0 Å². The van der Waals surface area contributed by atoms with E-state index in [4.69, 9.17) is 9.47 Å². The Hall–Kier alpha value is -3.88. The molecule has 2 aromatic rings. The second-order valence-electron chi connectivity index (χ2n) is 12.5. The molecule has 15 heteroatoms. The van der Waals surface area contributed by atoms with E-state index in [1.807, 2.05) is 0 Å². The molecule has 5 rings (SSSR count). The Morgan fingerprint density at radius 2 is 1.67 bits per heavy atom. The van der Waals surface area contributed by atoms with Crippen LogP contribution in [-0.2, 0) is 19.4 Å². The minimum atomic E-state index is -5.63. The summed E-state index contributed by atoms with van der Waals surface area (Å²) in [7, 11) is -4.37. The topological polar surface area (TPSA) is 148 Å². The molecule has 3 aliphatic carbocycles. The first kappa shape index (κ1) is 33.5. The molecule has 0 aliphatic heterocycles. The number of carboxylic acid groups (broad SMARTS) is 1. The zero-order chi connectivity index (χ0) is 33.6. The number of amides is 2. The van der Waals surface area contributed by atoms with Crippen molar-refractivity contribution in [2.45, 2.75) is 74.4 Å². The molecular weight excluding hydrogens is 636 g/mol. The summed E-state index contributed by atoms with van der Waals surface area (Å²) in [4.78, 5) is 37.6. The van der Waals surface area contributed by atoms with Crippen LogP contribution in [0.15, 0.2) is 41.3 Å². The van der Waals surface area contributed by atoms with Gasteiger partial charge in [0.25, 0.3) is 15.7 Å². The molecule has 2 aromatic carbocycles. The number of benzene rings is 2. The second kappa shape index (κ2) is 12.4. The molecule has 0 heterocycles. The third kappa shape index (κ3) is 6.38. The number of rotatable bonds is 9. The van der Waals surface area contributed by atoms with Crippen molar-refractivity contribution < 1.29 is 54.9 Å². The average Bonchev–Trinajstić information content (AvgIpc) is 3.60. The van der Waals surface area contributed by atoms with Gasteiger partial charge in [-0.3, -0.25) is 14.4 Å². The monoisotopic (exact) mass is 670 g/mol. The fourth-order valence-corrected chi connectivity index (χ4v) is 7.72. The van der Waals surface area contributed by atoms with E-state index in [0.717, 1.165) is 30.7 Å². The lowest BCUT2D eigenvalue weighted by Crippen LogP contribution is -2.48. The molecular formula is C31H34F4N2O8S. The normalized spacial score (nSPS) is 27.6. The summed E-state index contributed by atoms with van der Waals surface area (Å²) in [5.74, 6) is -4.16. The summed E-state index contributed by atoms with van der Waals surface area (Å²) in [5.41, 5.74) is -6.59. The van der Waals surface area contributed by atoms with E-state index in [9.17, 15) is 41.1 Å². The maximum Gasteiger partial charge on any atom is 0.501 e. The maximum absolute atomic E-state index is 15.0. The van der Waals surface area contributed by atoms with Crippen LogP contribution in [0, 0.1) is 29.0 Å². The number of ether oxygens (including phenoxy) is 2. The first-order valence-electron chi connectivity index (χ1n) is 14.8. The molecule has 3 aliphatic rings. The average molecular weight is 671 g/mol. The van der Waals surface area contributed by atoms with Gasteiger partial charge < -0.3 is 25.2 Å². The minimum absolute atomic E-state index is 0.0444. The highest BCUT2D eigenvalue weighted by molar-refractivity contribution is 7.92. The second-order valence-corrected chi connectivity index (χ2v) is 14.4. The van der Waals surface area contributed by atoms with Crippen LogP contribution in [0.4, 0.5) is 23.2 Å². The Balaban J connectivity index is 1.32. The van der Waals surface area contributed by atoms with Crippen molar-refractivity contribution in [2.24, 2.45) is 23.2 Å². The molecule has 10 nitrogen and oxygen atoms in total.